The molecule has 24 heavy (non-hydrogen) atoms. The second kappa shape index (κ2) is 8.05. The highest BCUT2D eigenvalue weighted by Gasteiger charge is 2.06. The monoisotopic (exact) mass is 333 g/mol. The van der Waals surface area contributed by atoms with Gasteiger partial charge in [0.1, 0.15) is 5.75 Å². The van der Waals surface area contributed by atoms with Crippen molar-refractivity contribution in [2.24, 2.45) is 5.10 Å². The average Bonchev–Trinajstić information content (AvgIpc) is 2.56. The predicted molar refractivity (Wildman–Crippen MR) is 84.3 cm³/mol. The Bertz CT molecular complexity index is 714. The van der Waals surface area contributed by atoms with Crippen LogP contribution in [-0.2, 0) is 0 Å². The van der Waals surface area contributed by atoms with Gasteiger partial charge in [-0.05, 0) is 53.9 Å². The Labute approximate surface area is 137 Å². The SMILES string of the molecule is CC/C(=N/Nc1ccc(C(=O)[O-])cc1)c1ccc(OC(F)F)cc1. The molecule has 0 heterocycles. The highest BCUT2D eigenvalue weighted by atomic mass is 19.3. The maximum absolute atomic E-state index is 12.1. The Morgan fingerprint density at radius 2 is 1.71 bits per heavy atom. The highest BCUT2D eigenvalue weighted by Crippen LogP contribution is 2.17. The molecule has 2 aromatic rings. The minimum absolute atomic E-state index is 0.0786. The molecule has 0 aliphatic heterocycles. The Kier molecular flexibility index (Phi) is 5.83. The van der Waals surface area contributed by atoms with Gasteiger partial charge in [0.15, 0.2) is 0 Å². The molecule has 0 spiro atoms. The third kappa shape index (κ3) is 4.77. The van der Waals surface area contributed by atoms with Crippen LogP contribution in [0.4, 0.5) is 14.5 Å². The maximum Gasteiger partial charge on any atom is 0.387 e. The van der Waals surface area contributed by atoms with Gasteiger partial charge in [0.2, 0.25) is 0 Å². The summed E-state index contributed by atoms with van der Waals surface area (Å²) in [7, 11) is 0. The maximum atomic E-state index is 12.1. The molecule has 0 aromatic heterocycles. The number of nitrogens with one attached hydrogen (secondary N) is 1. The minimum atomic E-state index is -2.86. The number of hydrazone groups is 1. The number of hydrogen-bond donors (Lipinski definition) is 1. The zero-order chi connectivity index (χ0) is 17.5. The normalized spacial score (nSPS) is 11.4. The Hall–Kier alpha value is -2.96. The Morgan fingerprint density at radius 3 is 2.21 bits per heavy atom. The van der Waals surface area contributed by atoms with Crippen molar-refractivity contribution in [2.45, 2.75) is 20.0 Å². The molecule has 0 saturated heterocycles. The Morgan fingerprint density at radius 1 is 1.12 bits per heavy atom. The number of hydrogen-bond acceptors (Lipinski definition) is 5. The lowest BCUT2D eigenvalue weighted by Crippen LogP contribution is -2.21. The lowest BCUT2D eigenvalue weighted by atomic mass is 10.1. The average molecular weight is 333 g/mol. The first-order valence-electron chi connectivity index (χ1n) is 7.19. The molecular formula is C17H15F2N2O3-. The van der Waals surface area contributed by atoms with Crippen LogP contribution in [0.25, 0.3) is 0 Å². The van der Waals surface area contributed by atoms with Crippen molar-refractivity contribution in [3.63, 3.8) is 0 Å². The zero-order valence-corrected chi connectivity index (χ0v) is 12.8. The molecule has 0 fully saturated rings. The van der Waals surface area contributed by atoms with Crippen molar-refractivity contribution in [3.05, 3.63) is 59.7 Å². The largest absolute Gasteiger partial charge is 0.545 e. The first-order chi connectivity index (χ1) is 11.5. The molecule has 5 nitrogen and oxygen atoms in total. The summed E-state index contributed by atoms with van der Waals surface area (Å²) in [5.41, 5.74) is 5.00. The number of carbonyl (C=O) groups is 1. The molecule has 0 aliphatic carbocycles. The van der Waals surface area contributed by atoms with E-state index in [9.17, 15) is 18.7 Å². The van der Waals surface area contributed by atoms with E-state index in [4.69, 9.17) is 0 Å². The van der Waals surface area contributed by atoms with Gasteiger partial charge in [-0.25, -0.2) is 0 Å². The molecule has 126 valence electrons. The fraction of sp³-hybridized carbons (Fsp3) is 0.176. The molecule has 0 radical (unpaired) electrons. The van der Waals surface area contributed by atoms with E-state index < -0.39 is 12.6 Å². The zero-order valence-electron chi connectivity index (χ0n) is 12.8. The van der Waals surface area contributed by atoms with Gasteiger partial charge in [-0.2, -0.15) is 13.9 Å². The van der Waals surface area contributed by atoms with Gasteiger partial charge in [-0.3, -0.25) is 5.43 Å². The van der Waals surface area contributed by atoms with E-state index in [-0.39, 0.29) is 11.3 Å². The molecule has 7 heteroatoms. The van der Waals surface area contributed by atoms with Gasteiger partial charge < -0.3 is 14.6 Å². The summed E-state index contributed by atoms with van der Waals surface area (Å²) in [6.07, 6.45) is 0.610. The summed E-state index contributed by atoms with van der Waals surface area (Å²) in [5, 5.41) is 15.0. The van der Waals surface area contributed by atoms with Crippen LogP contribution >= 0.6 is 0 Å². The van der Waals surface area contributed by atoms with Crippen molar-refractivity contribution in [1.82, 2.24) is 0 Å². The molecule has 1 N–H and O–H groups in total. The lowest BCUT2D eigenvalue weighted by Gasteiger charge is -2.09. The van der Waals surface area contributed by atoms with Gasteiger partial charge >= 0.3 is 6.61 Å². The van der Waals surface area contributed by atoms with Crippen LogP contribution in [0.1, 0.15) is 29.3 Å². The summed E-state index contributed by atoms with van der Waals surface area (Å²) in [6.45, 7) is -0.954. The number of benzene rings is 2. The second-order valence-electron chi connectivity index (χ2n) is 4.79. The van der Waals surface area contributed by atoms with Crippen LogP contribution in [0.5, 0.6) is 5.75 Å². The van der Waals surface area contributed by atoms with E-state index in [1.165, 1.54) is 24.3 Å². The van der Waals surface area contributed by atoms with Crippen LogP contribution in [-0.4, -0.2) is 18.3 Å². The van der Waals surface area contributed by atoms with E-state index in [2.05, 4.69) is 15.3 Å². The van der Waals surface area contributed by atoms with Crippen LogP contribution in [0, 0.1) is 0 Å². The number of rotatable bonds is 7. The lowest BCUT2D eigenvalue weighted by molar-refractivity contribution is -0.255. The molecule has 0 amide bonds. The summed E-state index contributed by atoms with van der Waals surface area (Å²) < 4.78 is 28.6. The van der Waals surface area contributed by atoms with Gasteiger partial charge in [-0.15, -0.1) is 0 Å². The third-order valence-corrected chi connectivity index (χ3v) is 3.19. The van der Waals surface area contributed by atoms with Gasteiger partial charge in [0, 0.05) is 0 Å². The summed E-state index contributed by atoms with van der Waals surface area (Å²) >= 11 is 0. The number of nitrogens with zero attached hydrogens (tertiary/aromatic N) is 1. The molecule has 0 bridgehead atoms. The molecular weight excluding hydrogens is 318 g/mol. The molecule has 0 atom stereocenters. The van der Waals surface area contributed by atoms with Crippen molar-refractivity contribution < 1.29 is 23.4 Å². The number of halogens is 2. The van der Waals surface area contributed by atoms with E-state index in [1.807, 2.05) is 6.92 Å². The van der Waals surface area contributed by atoms with Crippen LogP contribution in [0.15, 0.2) is 53.6 Å². The van der Waals surface area contributed by atoms with Gasteiger partial charge in [-0.1, -0.05) is 19.1 Å². The van der Waals surface area contributed by atoms with Crippen LogP contribution in [0.3, 0.4) is 0 Å². The van der Waals surface area contributed by atoms with Crippen molar-refractivity contribution in [1.29, 1.82) is 0 Å². The van der Waals surface area contributed by atoms with E-state index in [0.717, 1.165) is 5.56 Å². The Balaban J connectivity index is 2.09. The second-order valence-corrected chi connectivity index (χ2v) is 4.79. The van der Waals surface area contributed by atoms with E-state index >= 15 is 0 Å². The first-order valence-corrected chi connectivity index (χ1v) is 7.19. The number of alkyl halides is 2. The minimum Gasteiger partial charge on any atom is -0.545 e. The van der Waals surface area contributed by atoms with Gasteiger partial charge in [0.25, 0.3) is 0 Å². The molecule has 0 unspecified atom stereocenters. The predicted octanol–water partition coefficient (Wildman–Crippen LogP) is 2.88. The standard InChI is InChI=1S/C17H16F2N2O3/c1-2-15(11-5-9-14(10-6-11)24-17(18)19)21-20-13-7-3-12(4-8-13)16(22)23/h3-10,17,20H,2H2,1H3,(H,22,23)/p-1/b21-15-. The van der Waals surface area contributed by atoms with Gasteiger partial charge in [0.05, 0.1) is 17.4 Å². The number of carboxylic acid groups (broad SMARTS) is 1. The summed E-state index contributed by atoms with van der Waals surface area (Å²) in [4.78, 5) is 10.7. The number of aromatic carboxylic acids is 1. The smallest absolute Gasteiger partial charge is 0.387 e. The van der Waals surface area contributed by atoms with Crippen LogP contribution < -0.4 is 15.3 Å². The molecule has 2 aromatic carbocycles. The highest BCUT2D eigenvalue weighted by molar-refractivity contribution is 6.00. The summed E-state index contributed by atoms with van der Waals surface area (Å²) in [5.74, 6) is -1.17. The van der Waals surface area contributed by atoms with Crippen molar-refractivity contribution >= 4 is 17.4 Å². The number of ether oxygens (including phenoxy) is 1. The first kappa shape index (κ1) is 17.4. The third-order valence-electron chi connectivity index (χ3n) is 3.19. The number of carbonyl (C=O) groups excluding carboxylic acids is 1. The van der Waals surface area contributed by atoms with Crippen LogP contribution in [0.2, 0.25) is 0 Å². The number of carboxylic acids is 1. The van der Waals surface area contributed by atoms with E-state index in [0.29, 0.717) is 17.8 Å². The van der Waals surface area contributed by atoms with Crippen molar-refractivity contribution in [3.8, 4) is 5.75 Å². The topological polar surface area (TPSA) is 73.8 Å². The fourth-order valence-electron chi connectivity index (χ4n) is 1.99. The molecule has 0 saturated carbocycles. The number of anilines is 1. The van der Waals surface area contributed by atoms with Crippen molar-refractivity contribution in [2.75, 3.05) is 5.43 Å². The quantitative estimate of drug-likeness (QED) is 0.624. The fourth-order valence-corrected chi connectivity index (χ4v) is 1.99. The molecule has 0 aliphatic rings. The summed E-state index contributed by atoms with van der Waals surface area (Å²) in [6, 6.07) is 12.1. The van der Waals surface area contributed by atoms with E-state index in [1.54, 1.807) is 24.3 Å². The molecule has 2 rings (SSSR count).